The van der Waals surface area contributed by atoms with Crippen molar-refractivity contribution in [2.24, 2.45) is 0 Å². The second-order valence-electron chi connectivity index (χ2n) is 5.49. The molecule has 5 heteroatoms. The number of benzene rings is 1. The van der Waals surface area contributed by atoms with Gasteiger partial charge in [-0.25, -0.2) is 13.8 Å². The van der Waals surface area contributed by atoms with E-state index in [1.807, 2.05) is 6.07 Å². The van der Waals surface area contributed by atoms with Crippen molar-refractivity contribution in [2.45, 2.75) is 31.3 Å². The molecule has 0 unspecified atom stereocenters. The molecule has 3 rings (SSSR count). The number of aliphatic hydroxyl groups is 1. The molecule has 2 atom stereocenters. The summed E-state index contributed by atoms with van der Waals surface area (Å²) < 4.78 is 27.4. The van der Waals surface area contributed by atoms with E-state index in [1.165, 1.54) is 6.07 Å². The highest BCUT2D eigenvalue weighted by Crippen LogP contribution is 2.36. The van der Waals surface area contributed by atoms with Gasteiger partial charge in [0.25, 0.3) is 0 Å². The van der Waals surface area contributed by atoms with Crippen LogP contribution in [0.5, 0.6) is 0 Å². The standard InChI is InChI=1S/C17H14F2N2O/c18-14-3-1-2-13(16(14)19)10-5-7-15(22)17-11(8-10)4-6-12(9-20)21-17/h1-4,6,10,15,22H,5,7-8H2/t10-,15-/m1/s1. The Morgan fingerprint density at radius 3 is 2.77 bits per heavy atom. The zero-order valence-corrected chi connectivity index (χ0v) is 11.8. The zero-order chi connectivity index (χ0) is 15.7. The minimum atomic E-state index is -0.861. The lowest BCUT2D eigenvalue weighted by Gasteiger charge is -2.16. The van der Waals surface area contributed by atoms with Crippen LogP contribution in [0.1, 0.15) is 47.4 Å². The summed E-state index contributed by atoms with van der Waals surface area (Å²) in [5, 5.41) is 19.1. The number of halogens is 2. The number of nitriles is 1. The molecule has 3 nitrogen and oxygen atoms in total. The summed E-state index contributed by atoms with van der Waals surface area (Å²) in [6.07, 6.45) is 0.603. The Hall–Kier alpha value is -2.32. The van der Waals surface area contributed by atoms with Crippen LogP contribution in [0.25, 0.3) is 0 Å². The van der Waals surface area contributed by atoms with E-state index in [-0.39, 0.29) is 11.6 Å². The van der Waals surface area contributed by atoms with E-state index in [0.717, 1.165) is 11.6 Å². The van der Waals surface area contributed by atoms with E-state index in [1.54, 1.807) is 18.2 Å². The molecule has 1 aromatic carbocycles. The van der Waals surface area contributed by atoms with Crippen molar-refractivity contribution in [3.05, 3.63) is 64.5 Å². The molecule has 1 N–H and O–H groups in total. The van der Waals surface area contributed by atoms with Gasteiger partial charge in [-0.3, -0.25) is 0 Å². The van der Waals surface area contributed by atoms with Crippen LogP contribution in [-0.4, -0.2) is 10.1 Å². The Kier molecular flexibility index (Phi) is 3.86. The largest absolute Gasteiger partial charge is 0.387 e. The van der Waals surface area contributed by atoms with Crippen LogP contribution in [-0.2, 0) is 6.42 Å². The molecule has 2 aromatic rings. The first-order valence-electron chi connectivity index (χ1n) is 7.12. The van der Waals surface area contributed by atoms with Gasteiger partial charge in [-0.1, -0.05) is 18.2 Å². The molecular formula is C17H14F2N2O. The van der Waals surface area contributed by atoms with Gasteiger partial charge in [-0.2, -0.15) is 5.26 Å². The maximum absolute atomic E-state index is 14.0. The number of aliphatic hydroxyl groups excluding tert-OH is 1. The first-order chi connectivity index (χ1) is 10.6. The van der Waals surface area contributed by atoms with Crippen molar-refractivity contribution >= 4 is 0 Å². The third-order valence-corrected chi connectivity index (χ3v) is 4.12. The van der Waals surface area contributed by atoms with Crippen LogP contribution in [0.2, 0.25) is 0 Å². The third kappa shape index (κ3) is 2.58. The number of pyridine rings is 1. The molecule has 1 heterocycles. The molecule has 22 heavy (non-hydrogen) atoms. The number of aromatic nitrogens is 1. The van der Waals surface area contributed by atoms with Crippen molar-refractivity contribution in [3.63, 3.8) is 0 Å². The van der Waals surface area contributed by atoms with Crippen molar-refractivity contribution in [2.75, 3.05) is 0 Å². The third-order valence-electron chi connectivity index (χ3n) is 4.12. The Morgan fingerprint density at radius 2 is 2.00 bits per heavy atom. The maximum atomic E-state index is 14.0. The fourth-order valence-electron chi connectivity index (χ4n) is 2.99. The molecule has 112 valence electrons. The van der Waals surface area contributed by atoms with E-state index in [4.69, 9.17) is 5.26 Å². The van der Waals surface area contributed by atoms with Gasteiger partial charge in [0, 0.05) is 0 Å². The summed E-state index contributed by atoms with van der Waals surface area (Å²) >= 11 is 0. The van der Waals surface area contributed by atoms with Crippen LogP contribution < -0.4 is 0 Å². The van der Waals surface area contributed by atoms with Gasteiger partial charge in [-0.15, -0.1) is 0 Å². The SMILES string of the molecule is N#Cc1ccc2c(n1)[C@H](O)CC[C@@H](c1cccc(F)c1F)C2. The molecule has 0 radical (unpaired) electrons. The highest BCUT2D eigenvalue weighted by atomic mass is 19.2. The average Bonchev–Trinajstić information content (AvgIpc) is 2.69. The van der Waals surface area contributed by atoms with Crippen LogP contribution in [0.15, 0.2) is 30.3 Å². The summed E-state index contributed by atoms with van der Waals surface area (Å²) in [6.45, 7) is 0. The molecular weight excluding hydrogens is 286 g/mol. The second-order valence-corrected chi connectivity index (χ2v) is 5.49. The highest BCUT2D eigenvalue weighted by molar-refractivity contribution is 5.34. The normalized spacial score (nSPS) is 20.8. The zero-order valence-electron chi connectivity index (χ0n) is 11.8. The van der Waals surface area contributed by atoms with Gasteiger partial charge < -0.3 is 5.11 Å². The Balaban J connectivity index is 2.01. The summed E-state index contributed by atoms with van der Waals surface area (Å²) in [5.41, 5.74) is 1.81. The number of nitrogens with zero attached hydrogens (tertiary/aromatic N) is 2. The molecule has 0 aliphatic heterocycles. The monoisotopic (exact) mass is 300 g/mol. The molecule has 1 aliphatic rings. The Labute approximate surface area is 126 Å². The predicted octanol–water partition coefficient (Wildman–Crippen LogP) is 3.38. The average molecular weight is 300 g/mol. The number of hydrogen-bond acceptors (Lipinski definition) is 3. The molecule has 1 aromatic heterocycles. The maximum Gasteiger partial charge on any atom is 0.162 e. The van der Waals surface area contributed by atoms with Crippen LogP contribution in [0.4, 0.5) is 8.78 Å². The van der Waals surface area contributed by atoms with E-state index < -0.39 is 17.7 Å². The lowest BCUT2D eigenvalue weighted by atomic mass is 9.90. The van der Waals surface area contributed by atoms with E-state index in [9.17, 15) is 13.9 Å². The van der Waals surface area contributed by atoms with E-state index in [2.05, 4.69) is 4.98 Å². The number of fused-ring (bicyclic) bond motifs is 1. The smallest absolute Gasteiger partial charge is 0.162 e. The van der Waals surface area contributed by atoms with Gasteiger partial charge in [-0.05, 0) is 48.4 Å². The molecule has 0 saturated carbocycles. The van der Waals surface area contributed by atoms with Crippen LogP contribution in [0, 0.1) is 23.0 Å². The second kappa shape index (κ2) is 5.82. The first kappa shape index (κ1) is 14.6. The lowest BCUT2D eigenvalue weighted by Crippen LogP contribution is -2.06. The molecule has 0 bridgehead atoms. The van der Waals surface area contributed by atoms with Gasteiger partial charge in [0.1, 0.15) is 11.8 Å². The van der Waals surface area contributed by atoms with Crippen LogP contribution >= 0.6 is 0 Å². The van der Waals surface area contributed by atoms with Gasteiger partial charge in [0.2, 0.25) is 0 Å². The summed E-state index contributed by atoms with van der Waals surface area (Å²) in [7, 11) is 0. The summed E-state index contributed by atoms with van der Waals surface area (Å²) in [4.78, 5) is 4.16. The molecule has 0 fully saturated rings. The van der Waals surface area contributed by atoms with E-state index >= 15 is 0 Å². The van der Waals surface area contributed by atoms with Crippen molar-refractivity contribution in [1.29, 1.82) is 5.26 Å². The van der Waals surface area contributed by atoms with Crippen molar-refractivity contribution in [1.82, 2.24) is 4.98 Å². The summed E-state index contributed by atoms with van der Waals surface area (Å²) in [6, 6.07) is 9.43. The molecule has 0 saturated heterocycles. The molecule has 1 aliphatic carbocycles. The Morgan fingerprint density at radius 1 is 1.18 bits per heavy atom. The van der Waals surface area contributed by atoms with Gasteiger partial charge >= 0.3 is 0 Å². The van der Waals surface area contributed by atoms with E-state index in [0.29, 0.717) is 30.5 Å². The molecule has 0 spiro atoms. The lowest BCUT2D eigenvalue weighted by molar-refractivity contribution is 0.160. The minimum absolute atomic E-state index is 0.221. The number of hydrogen-bond donors (Lipinski definition) is 1. The van der Waals surface area contributed by atoms with Gasteiger partial charge in [0.05, 0.1) is 11.8 Å². The van der Waals surface area contributed by atoms with Crippen LogP contribution in [0.3, 0.4) is 0 Å². The fourth-order valence-corrected chi connectivity index (χ4v) is 2.99. The predicted molar refractivity (Wildman–Crippen MR) is 75.9 cm³/mol. The quantitative estimate of drug-likeness (QED) is 0.821. The minimum Gasteiger partial charge on any atom is -0.387 e. The fraction of sp³-hybridized carbons (Fsp3) is 0.294. The highest BCUT2D eigenvalue weighted by Gasteiger charge is 2.27. The topological polar surface area (TPSA) is 56.9 Å². The van der Waals surface area contributed by atoms with Crippen molar-refractivity contribution in [3.8, 4) is 6.07 Å². The van der Waals surface area contributed by atoms with Gasteiger partial charge in [0.15, 0.2) is 11.6 Å². The Bertz CT molecular complexity index is 755. The van der Waals surface area contributed by atoms with Crippen molar-refractivity contribution < 1.29 is 13.9 Å². The summed E-state index contributed by atoms with van der Waals surface area (Å²) in [5.74, 6) is -1.91. The number of rotatable bonds is 1. The first-order valence-corrected chi connectivity index (χ1v) is 7.12. The molecule has 0 amide bonds.